The highest BCUT2D eigenvalue weighted by Gasteiger charge is 2.39. The fraction of sp³-hybridized carbons (Fsp3) is 0.700. The summed E-state index contributed by atoms with van der Waals surface area (Å²) in [7, 11) is 0. The molecule has 3 unspecified atom stereocenters. The molecule has 1 rings (SSSR count). The van der Waals surface area contributed by atoms with Crippen molar-refractivity contribution in [1.29, 1.82) is 0 Å². The molecule has 1 fully saturated rings. The van der Waals surface area contributed by atoms with E-state index in [1.807, 2.05) is 12.2 Å². The highest BCUT2D eigenvalue weighted by molar-refractivity contribution is 5.89. The molecule has 1 saturated carbocycles. The van der Waals surface area contributed by atoms with E-state index in [0.717, 1.165) is 19.3 Å². The predicted octanol–water partition coefficient (Wildman–Crippen LogP) is 3.25. The third kappa shape index (κ3) is 8.45. The van der Waals surface area contributed by atoms with Crippen LogP contribution in [-0.4, -0.2) is 39.3 Å². The normalized spacial score (nSPS) is 26.7. The number of carboxylic acid groups (broad SMARTS) is 1. The molecular formula is C20H32O5. The maximum Gasteiger partial charge on any atom is 0.303 e. The van der Waals surface area contributed by atoms with Crippen molar-refractivity contribution in [1.82, 2.24) is 0 Å². The Balaban J connectivity index is 2.48. The van der Waals surface area contributed by atoms with Gasteiger partial charge in [0.2, 0.25) is 0 Å². The Morgan fingerprint density at radius 2 is 1.80 bits per heavy atom. The maximum atomic E-state index is 11.9. The Kier molecular flexibility index (Phi) is 10.3. The summed E-state index contributed by atoms with van der Waals surface area (Å²) in [5, 5.41) is 28.9. The molecule has 0 saturated heterocycles. The van der Waals surface area contributed by atoms with Gasteiger partial charge in [0.15, 0.2) is 5.78 Å². The number of rotatable bonds is 12. The molecular weight excluding hydrogens is 320 g/mol. The predicted molar refractivity (Wildman–Crippen MR) is 97.1 cm³/mol. The summed E-state index contributed by atoms with van der Waals surface area (Å²) in [5.74, 6) is -1.04. The van der Waals surface area contributed by atoms with Crippen LogP contribution in [0.25, 0.3) is 0 Å². The highest BCUT2D eigenvalue weighted by Crippen LogP contribution is 2.36. The third-order valence-corrected chi connectivity index (χ3v) is 4.78. The van der Waals surface area contributed by atoms with Crippen LogP contribution in [0.15, 0.2) is 24.3 Å². The molecule has 5 heteroatoms. The molecule has 0 radical (unpaired) electrons. The Morgan fingerprint density at radius 3 is 2.48 bits per heavy atom. The second-order valence-electron chi connectivity index (χ2n) is 6.89. The number of unbranched alkanes of at least 4 members (excludes halogenated alkanes) is 3. The van der Waals surface area contributed by atoms with E-state index < -0.39 is 18.2 Å². The van der Waals surface area contributed by atoms with Crippen molar-refractivity contribution in [3.63, 3.8) is 0 Å². The Hall–Kier alpha value is -1.46. The van der Waals surface area contributed by atoms with Gasteiger partial charge in [0.05, 0.1) is 12.2 Å². The van der Waals surface area contributed by atoms with Gasteiger partial charge in [-0.2, -0.15) is 0 Å². The van der Waals surface area contributed by atoms with Gasteiger partial charge in [-0.3, -0.25) is 9.59 Å². The van der Waals surface area contributed by atoms with Crippen LogP contribution in [0, 0.1) is 11.8 Å². The van der Waals surface area contributed by atoms with Crippen LogP contribution < -0.4 is 0 Å². The standard InChI is InChI=1S/C20H32O5/c1-2-3-6-9-15(21)12-13-17-16(18(22)14-19(17)23)10-7-4-5-8-11-20(24)25/h4,7,12-13,16-19,22-23H,2-3,5-6,8-11,14H2,1H3,(H,24,25)/b7-4-,13-12-/t16?,17-,18?,19?/m1/s1. The molecule has 0 spiro atoms. The molecule has 0 heterocycles. The quantitative estimate of drug-likeness (QED) is 0.285. The van der Waals surface area contributed by atoms with Crippen LogP contribution in [0.4, 0.5) is 0 Å². The van der Waals surface area contributed by atoms with Crippen molar-refractivity contribution in [2.24, 2.45) is 11.8 Å². The lowest BCUT2D eigenvalue weighted by molar-refractivity contribution is -0.137. The summed E-state index contributed by atoms with van der Waals surface area (Å²) < 4.78 is 0. The van der Waals surface area contributed by atoms with Gasteiger partial charge < -0.3 is 15.3 Å². The van der Waals surface area contributed by atoms with E-state index in [1.165, 1.54) is 0 Å². The van der Waals surface area contributed by atoms with E-state index in [0.29, 0.717) is 32.1 Å². The molecule has 5 nitrogen and oxygen atoms in total. The zero-order valence-electron chi connectivity index (χ0n) is 15.1. The number of carboxylic acids is 1. The second kappa shape index (κ2) is 12.0. The summed E-state index contributed by atoms with van der Waals surface area (Å²) in [6.45, 7) is 2.09. The van der Waals surface area contributed by atoms with E-state index in [1.54, 1.807) is 12.2 Å². The first-order valence-corrected chi connectivity index (χ1v) is 9.39. The van der Waals surface area contributed by atoms with Crippen LogP contribution in [-0.2, 0) is 9.59 Å². The van der Waals surface area contributed by atoms with E-state index in [4.69, 9.17) is 5.11 Å². The molecule has 0 aromatic carbocycles. The minimum absolute atomic E-state index is 0.0741. The number of carbonyl (C=O) groups is 2. The first kappa shape index (κ1) is 21.6. The van der Waals surface area contributed by atoms with Gasteiger partial charge in [0.25, 0.3) is 0 Å². The first-order chi connectivity index (χ1) is 12.0. The van der Waals surface area contributed by atoms with Crippen molar-refractivity contribution < 1.29 is 24.9 Å². The highest BCUT2D eigenvalue weighted by atomic mass is 16.4. The van der Waals surface area contributed by atoms with Crippen molar-refractivity contribution in [2.45, 2.75) is 76.9 Å². The zero-order chi connectivity index (χ0) is 18.7. The molecule has 0 aliphatic heterocycles. The van der Waals surface area contributed by atoms with E-state index >= 15 is 0 Å². The van der Waals surface area contributed by atoms with Crippen molar-refractivity contribution in [3.8, 4) is 0 Å². The van der Waals surface area contributed by atoms with Crippen LogP contribution in [0.5, 0.6) is 0 Å². The molecule has 0 amide bonds. The SMILES string of the molecule is CCCCCC(=O)/C=C\[C@H]1C(O)CC(O)C1C/C=C\CCCC(=O)O. The number of aliphatic hydroxyl groups is 2. The molecule has 0 aromatic heterocycles. The fourth-order valence-corrected chi connectivity index (χ4v) is 3.30. The number of carbonyl (C=O) groups excluding carboxylic acids is 1. The van der Waals surface area contributed by atoms with Crippen LogP contribution in [0.1, 0.15) is 64.7 Å². The molecule has 142 valence electrons. The summed E-state index contributed by atoms with van der Waals surface area (Å²) in [6.07, 6.45) is 11.9. The van der Waals surface area contributed by atoms with Crippen molar-refractivity contribution in [2.75, 3.05) is 0 Å². The molecule has 0 aromatic rings. The third-order valence-electron chi connectivity index (χ3n) is 4.78. The maximum absolute atomic E-state index is 11.9. The average Bonchev–Trinajstić information content (AvgIpc) is 2.82. The summed E-state index contributed by atoms with van der Waals surface area (Å²) in [5.41, 5.74) is 0. The van der Waals surface area contributed by atoms with Gasteiger partial charge in [0, 0.05) is 25.2 Å². The zero-order valence-corrected chi connectivity index (χ0v) is 15.1. The van der Waals surface area contributed by atoms with Gasteiger partial charge in [-0.05, 0) is 37.7 Å². The Labute approximate surface area is 150 Å². The second-order valence-corrected chi connectivity index (χ2v) is 6.89. The minimum atomic E-state index is -0.795. The van der Waals surface area contributed by atoms with E-state index in [9.17, 15) is 19.8 Å². The average molecular weight is 352 g/mol. The molecule has 4 atom stereocenters. The summed E-state index contributed by atoms with van der Waals surface area (Å²) in [4.78, 5) is 22.3. The smallest absolute Gasteiger partial charge is 0.303 e. The largest absolute Gasteiger partial charge is 0.481 e. The number of allylic oxidation sites excluding steroid dienone is 3. The topological polar surface area (TPSA) is 94.8 Å². The summed E-state index contributed by atoms with van der Waals surface area (Å²) in [6, 6.07) is 0. The van der Waals surface area contributed by atoms with E-state index in [2.05, 4.69) is 6.92 Å². The lowest BCUT2D eigenvalue weighted by Crippen LogP contribution is -2.20. The number of aliphatic carboxylic acids is 1. The molecule has 3 N–H and O–H groups in total. The lowest BCUT2D eigenvalue weighted by atomic mass is 9.89. The minimum Gasteiger partial charge on any atom is -0.481 e. The molecule has 25 heavy (non-hydrogen) atoms. The number of hydrogen-bond acceptors (Lipinski definition) is 4. The number of ketones is 1. The van der Waals surface area contributed by atoms with Gasteiger partial charge in [0.1, 0.15) is 0 Å². The van der Waals surface area contributed by atoms with E-state index in [-0.39, 0.29) is 24.0 Å². The first-order valence-electron chi connectivity index (χ1n) is 9.39. The van der Waals surface area contributed by atoms with Gasteiger partial charge >= 0.3 is 5.97 Å². The van der Waals surface area contributed by atoms with Crippen LogP contribution >= 0.6 is 0 Å². The Morgan fingerprint density at radius 1 is 1.04 bits per heavy atom. The van der Waals surface area contributed by atoms with Gasteiger partial charge in [-0.25, -0.2) is 0 Å². The monoisotopic (exact) mass is 352 g/mol. The van der Waals surface area contributed by atoms with Crippen molar-refractivity contribution in [3.05, 3.63) is 24.3 Å². The molecule has 1 aliphatic rings. The fourth-order valence-electron chi connectivity index (χ4n) is 3.30. The number of aliphatic hydroxyl groups excluding tert-OH is 2. The number of hydrogen-bond donors (Lipinski definition) is 3. The Bertz CT molecular complexity index is 469. The lowest BCUT2D eigenvalue weighted by Gasteiger charge is -2.19. The van der Waals surface area contributed by atoms with Crippen LogP contribution in [0.3, 0.4) is 0 Å². The van der Waals surface area contributed by atoms with Gasteiger partial charge in [-0.15, -0.1) is 0 Å². The van der Waals surface area contributed by atoms with Crippen LogP contribution in [0.2, 0.25) is 0 Å². The summed E-state index contributed by atoms with van der Waals surface area (Å²) >= 11 is 0. The van der Waals surface area contributed by atoms with Gasteiger partial charge in [-0.1, -0.05) is 38.0 Å². The molecule has 0 bridgehead atoms. The van der Waals surface area contributed by atoms with Crippen molar-refractivity contribution >= 4 is 11.8 Å². The molecule has 1 aliphatic carbocycles.